The zero-order valence-corrected chi connectivity index (χ0v) is 44.7. The molecular weight excluding hydrogens is 995 g/mol. The van der Waals surface area contributed by atoms with Crippen molar-refractivity contribution in [1.82, 2.24) is 24.5 Å². The maximum atomic E-state index is 5.15. The maximum absolute atomic E-state index is 5.15. The third-order valence-corrected chi connectivity index (χ3v) is 16.4. The molecule has 384 valence electrons. The van der Waals surface area contributed by atoms with Gasteiger partial charge in [0.2, 0.25) is 0 Å². The molecule has 1 aliphatic rings. The Hall–Kier alpha value is -10.9. The largest absolute Gasteiger partial charge is 0.316 e. The van der Waals surface area contributed by atoms with E-state index in [1.54, 1.807) is 0 Å². The highest BCUT2D eigenvalue weighted by atomic mass is 15.0. The molecule has 0 radical (unpaired) electrons. The zero-order valence-electron chi connectivity index (χ0n) is 44.7. The van der Waals surface area contributed by atoms with Gasteiger partial charge in [-0.15, -0.1) is 0 Å². The van der Waals surface area contributed by atoms with Gasteiger partial charge >= 0.3 is 0 Å². The minimum Gasteiger partial charge on any atom is -0.316 e. The fourth-order valence-electron chi connectivity index (χ4n) is 12.4. The second-order valence-electron chi connectivity index (χ2n) is 21.0. The van der Waals surface area contributed by atoms with Gasteiger partial charge in [-0.1, -0.05) is 224 Å². The molecule has 4 heterocycles. The van der Waals surface area contributed by atoms with E-state index in [-0.39, 0.29) is 0 Å². The van der Waals surface area contributed by atoms with Crippen molar-refractivity contribution in [3.8, 4) is 106 Å². The van der Waals surface area contributed by atoms with Gasteiger partial charge in [-0.2, -0.15) is 0 Å². The molecule has 0 amide bonds. The summed E-state index contributed by atoms with van der Waals surface area (Å²) in [6, 6.07) is 100. The topological polar surface area (TPSA) is 56.5 Å². The van der Waals surface area contributed by atoms with E-state index in [0.29, 0.717) is 5.82 Å². The van der Waals surface area contributed by atoms with Gasteiger partial charge in [0.05, 0.1) is 22.3 Å². The Balaban J connectivity index is 0.837. The van der Waals surface area contributed by atoms with E-state index in [1.807, 2.05) is 55.1 Å². The van der Waals surface area contributed by atoms with Crippen molar-refractivity contribution in [2.45, 2.75) is 5.41 Å². The van der Waals surface area contributed by atoms with Crippen molar-refractivity contribution in [3.63, 3.8) is 0 Å². The lowest BCUT2D eigenvalue weighted by Gasteiger charge is -2.34. The molecular formula is C77H51N5. The first-order chi connectivity index (χ1) is 40.6. The molecule has 0 bridgehead atoms. The third kappa shape index (κ3) is 8.42. The van der Waals surface area contributed by atoms with Gasteiger partial charge in [-0.25, -0.2) is 9.97 Å². The number of fused-ring (bicyclic) bond motifs is 5. The third-order valence-electron chi connectivity index (χ3n) is 16.4. The monoisotopic (exact) mass is 1050 g/mol. The summed E-state index contributed by atoms with van der Waals surface area (Å²) in [6.07, 6.45) is 9.90. The number of nitrogens with zero attached hydrogens (tertiary/aromatic N) is 5. The molecule has 14 aromatic rings. The van der Waals surface area contributed by atoms with Crippen molar-refractivity contribution in [3.05, 3.63) is 332 Å². The smallest absolute Gasteiger partial charge is 0.160 e. The second kappa shape index (κ2) is 20.4. The van der Waals surface area contributed by atoms with E-state index in [2.05, 4.69) is 264 Å². The van der Waals surface area contributed by atoms with E-state index in [0.717, 1.165) is 78.2 Å². The predicted octanol–water partition coefficient (Wildman–Crippen LogP) is 18.9. The number of benzene rings is 10. The van der Waals surface area contributed by atoms with Crippen LogP contribution in [0.1, 0.15) is 22.3 Å². The Labute approximate surface area is 476 Å². The molecule has 0 saturated carbocycles. The van der Waals surface area contributed by atoms with Crippen LogP contribution in [0.4, 0.5) is 0 Å². The summed E-state index contributed by atoms with van der Waals surface area (Å²) < 4.78 is 2.37. The average molecular weight is 1050 g/mol. The molecule has 10 aromatic carbocycles. The fraction of sp³-hybridized carbons (Fsp3) is 0.0130. The number of rotatable bonds is 11. The van der Waals surface area contributed by atoms with Crippen molar-refractivity contribution >= 4 is 10.9 Å². The highest BCUT2D eigenvalue weighted by molar-refractivity contribution is 6.08. The quantitative estimate of drug-likeness (QED) is 0.130. The lowest BCUT2D eigenvalue weighted by molar-refractivity contribution is 0.775. The molecule has 4 aromatic heterocycles. The van der Waals surface area contributed by atoms with Gasteiger partial charge in [0.15, 0.2) is 5.82 Å². The Morgan fingerprint density at radius 3 is 1.39 bits per heavy atom. The van der Waals surface area contributed by atoms with Gasteiger partial charge in [0.1, 0.15) is 0 Å². The minimum atomic E-state index is -0.659. The van der Waals surface area contributed by atoms with Crippen LogP contribution in [0.2, 0.25) is 0 Å². The Morgan fingerprint density at radius 1 is 0.305 bits per heavy atom. The fourth-order valence-corrected chi connectivity index (χ4v) is 12.4. The van der Waals surface area contributed by atoms with Crippen LogP contribution in [0.15, 0.2) is 310 Å². The van der Waals surface area contributed by atoms with Crippen LogP contribution >= 0.6 is 0 Å². The first-order valence-corrected chi connectivity index (χ1v) is 27.8. The van der Waals surface area contributed by atoms with E-state index in [9.17, 15) is 0 Å². The molecule has 0 saturated heterocycles. The van der Waals surface area contributed by atoms with Crippen LogP contribution in [0.25, 0.3) is 117 Å². The van der Waals surface area contributed by atoms with Gasteiger partial charge < -0.3 is 4.57 Å². The van der Waals surface area contributed by atoms with E-state index in [4.69, 9.17) is 15.0 Å². The lowest BCUT2D eigenvalue weighted by atomic mass is 9.66. The molecule has 0 spiro atoms. The van der Waals surface area contributed by atoms with Crippen molar-refractivity contribution < 1.29 is 0 Å². The van der Waals surface area contributed by atoms with Crippen molar-refractivity contribution in [1.29, 1.82) is 0 Å². The predicted molar refractivity (Wildman–Crippen MR) is 335 cm³/mol. The summed E-state index contributed by atoms with van der Waals surface area (Å²) >= 11 is 0. The van der Waals surface area contributed by atoms with Crippen LogP contribution in [0.3, 0.4) is 0 Å². The van der Waals surface area contributed by atoms with Crippen molar-refractivity contribution in [2.24, 2.45) is 0 Å². The standard InChI is InChI=1S/C77H51N5/c1-5-15-52(16-6-1)53-26-30-57(31-27-53)71-49-72(81-76(80-71)59-17-7-2-8-18-59)58-32-28-54(29-33-58)55-34-37-66(38-35-55)82-51-69(63-21-14-44-79-50-63)74-73(82)41-39-67-68-48-62(61-20-13-19-60(47-61)56-42-45-78-46-43-56)36-40-70(68)77(75(67)74,64-22-9-3-10-23-64)65-24-11-4-12-25-65/h1-51H. The summed E-state index contributed by atoms with van der Waals surface area (Å²) in [6.45, 7) is 0. The molecule has 0 unspecified atom stereocenters. The van der Waals surface area contributed by atoms with Crippen LogP contribution in [0.5, 0.6) is 0 Å². The number of pyridine rings is 2. The number of hydrogen-bond donors (Lipinski definition) is 0. The van der Waals surface area contributed by atoms with Gasteiger partial charge in [-0.05, 0) is 132 Å². The molecule has 0 aliphatic heterocycles. The molecule has 0 fully saturated rings. The first-order valence-electron chi connectivity index (χ1n) is 27.8. The average Bonchev–Trinajstić information content (AvgIpc) is 2.14. The van der Waals surface area contributed by atoms with Crippen LogP contribution < -0.4 is 0 Å². The van der Waals surface area contributed by atoms with Crippen molar-refractivity contribution in [2.75, 3.05) is 0 Å². The van der Waals surface area contributed by atoms with Crippen LogP contribution in [-0.2, 0) is 5.41 Å². The van der Waals surface area contributed by atoms with Crippen LogP contribution in [0, 0.1) is 0 Å². The summed E-state index contributed by atoms with van der Waals surface area (Å²) in [7, 11) is 0. The van der Waals surface area contributed by atoms with Gasteiger partial charge in [-0.3, -0.25) is 9.97 Å². The number of hydrogen-bond acceptors (Lipinski definition) is 4. The summed E-state index contributed by atoms with van der Waals surface area (Å²) in [5.41, 5.74) is 25.1. The molecule has 1 aliphatic carbocycles. The molecule has 0 N–H and O–H groups in total. The summed E-state index contributed by atoms with van der Waals surface area (Å²) in [5.74, 6) is 0.692. The SMILES string of the molecule is c1ccc(-c2ccc(-c3cc(-c4ccc(-c5ccc(-n6cc(-c7cccnc7)c7c8c(ccc76)-c6cc(-c7cccc(-c9ccncc9)c7)ccc6C8(c6ccccc6)c6ccccc6)cc5)cc4)nc(-c4ccccc4)n3)cc2)cc1. The Kier molecular flexibility index (Phi) is 12.0. The second-order valence-corrected chi connectivity index (χ2v) is 21.0. The molecule has 5 heteroatoms. The summed E-state index contributed by atoms with van der Waals surface area (Å²) in [4.78, 5) is 19.2. The first kappa shape index (κ1) is 48.3. The van der Waals surface area contributed by atoms with E-state index >= 15 is 0 Å². The molecule has 82 heavy (non-hydrogen) atoms. The van der Waals surface area contributed by atoms with Crippen LogP contribution in [-0.4, -0.2) is 24.5 Å². The highest BCUT2D eigenvalue weighted by Gasteiger charge is 2.48. The minimum absolute atomic E-state index is 0.659. The Morgan fingerprint density at radius 2 is 0.793 bits per heavy atom. The highest BCUT2D eigenvalue weighted by Crippen LogP contribution is 2.60. The number of aromatic nitrogens is 5. The van der Waals surface area contributed by atoms with E-state index < -0.39 is 5.41 Å². The van der Waals surface area contributed by atoms with E-state index in [1.165, 1.54) is 55.5 Å². The van der Waals surface area contributed by atoms with Gasteiger partial charge in [0, 0.05) is 69.9 Å². The lowest BCUT2D eigenvalue weighted by Crippen LogP contribution is -2.28. The summed E-state index contributed by atoms with van der Waals surface area (Å²) in [5, 5.41) is 1.20. The zero-order chi connectivity index (χ0) is 54.4. The molecule has 0 atom stereocenters. The normalized spacial score (nSPS) is 12.2. The molecule has 5 nitrogen and oxygen atoms in total. The Bertz CT molecular complexity index is 4560. The molecule has 15 rings (SSSR count). The maximum Gasteiger partial charge on any atom is 0.160 e. The van der Waals surface area contributed by atoms with Gasteiger partial charge in [0.25, 0.3) is 0 Å².